The van der Waals surface area contributed by atoms with Gasteiger partial charge in [-0.15, -0.1) is 0 Å². The molecule has 1 unspecified atom stereocenters. The third kappa shape index (κ3) is 9.76. The van der Waals surface area contributed by atoms with Crippen molar-refractivity contribution in [3.8, 4) is 17.2 Å². The summed E-state index contributed by atoms with van der Waals surface area (Å²) in [4.78, 5) is 24.4. The Morgan fingerprint density at radius 2 is 1.35 bits per heavy atom. The van der Waals surface area contributed by atoms with Crippen LogP contribution in [0, 0.1) is 5.92 Å². The lowest BCUT2D eigenvalue weighted by molar-refractivity contribution is -0.138. The summed E-state index contributed by atoms with van der Waals surface area (Å²) in [6.07, 6.45) is 10.6. The van der Waals surface area contributed by atoms with Gasteiger partial charge in [-0.05, 0) is 55.3 Å². The van der Waals surface area contributed by atoms with Crippen molar-refractivity contribution < 1.29 is 23.8 Å². The Bertz CT molecular complexity index is 894. The van der Waals surface area contributed by atoms with Crippen molar-refractivity contribution in [1.29, 1.82) is 0 Å². The van der Waals surface area contributed by atoms with Gasteiger partial charge >= 0.3 is 11.9 Å². The first kappa shape index (κ1) is 27.7. The van der Waals surface area contributed by atoms with Crippen molar-refractivity contribution in [1.82, 2.24) is 0 Å². The van der Waals surface area contributed by atoms with Crippen LogP contribution in [0.25, 0.3) is 0 Å². The van der Waals surface area contributed by atoms with Gasteiger partial charge < -0.3 is 14.2 Å². The van der Waals surface area contributed by atoms with Crippen molar-refractivity contribution in [3.05, 3.63) is 53.1 Å². The molecule has 1 atom stereocenters. The van der Waals surface area contributed by atoms with E-state index in [9.17, 15) is 9.59 Å². The zero-order valence-corrected chi connectivity index (χ0v) is 21.4. The van der Waals surface area contributed by atoms with E-state index >= 15 is 0 Å². The van der Waals surface area contributed by atoms with E-state index in [1.54, 1.807) is 42.5 Å². The smallest absolute Gasteiger partial charge is 0.345 e. The fourth-order valence-electron chi connectivity index (χ4n) is 3.30. The summed E-state index contributed by atoms with van der Waals surface area (Å²) in [6.45, 7) is 6.60. The fraction of sp³-hybridized carbons (Fsp3) is 0.500. The minimum absolute atomic E-state index is 0.174. The highest BCUT2D eigenvalue weighted by Crippen LogP contribution is 2.25. The molecule has 0 aliphatic heterocycles. The number of rotatable bonds is 15. The van der Waals surface area contributed by atoms with Crippen molar-refractivity contribution in [2.45, 2.75) is 78.6 Å². The van der Waals surface area contributed by atoms with Gasteiger partial charge in [0.2, 0.25) is 0 Å². The normalized spacial score (nSPS) is 11.6. The van der Waals surface area contributed by atoms with Crippen LogP contribution in [-0.2, 0) is 4.79 Å². The molecule has 0 N–H and O–H groups in total. The Labute approximate surface area is 208 Å². The van der Waals surface area contributed by atoms with E-state index in [4.69, 9.17) is 25.8 Å². The quantitative estimate of drug-likeness (QED) is 0.144. The average molecular weight is 489 g/mol. The van der Waals surface area contributed by atoms with Crippen LogP contribution in [0.15, 0.2) is 42.5 Å². The van der Waals surface area contributed by atoms with Crippen molar-refractivity contribution in [2.75, 3.05) is 6.61 Å². The highest BCUT2D eigenvalue weighted by Gasteiger charge is 2.15. The molecule has 5 nitrogen and oxygen atoms in total. The molecule has 0 saturated carbocycles. The standard InChI is InChI=1S/C28H37ClO5/c1-4-6-7-8-9-10-11-12-19-32-24-17-18-25(26(29)20-24)28(31)34-23-15-13-22(14-16-23)33-27(30)21(3)5-2/h13-18,20-21H,4-12,19H2,1-3H3. The van der Waals surface area contributed by atoms with E-state index in [0.29, 0.717) is 30.3 Å². The maximum Gasteiger partial charge on any atom is 0.345 e. The van der Waals surface area contributed by atoms with Crippen LogP contribution in [0.3, 0.4) is 0 Å². The molecule has 34 heavy (non-hydrogen) atoms. The minimum Gasteiger partial charge on any atom is -0.494 e. The highest BCUT2D eigenvalue weighted by atomic mass is 35.5. The number of hydrogen-bond donors (Lipinski definition) is 0. The summed E-state index contributed by atoms with van der Waals surface area (Å²) in [5, 5.41) is 0.275. The first-order valence-corrected chi connectivity index (χ1v) is 12.8. The van der Waals surface area contributed by atoms with Crippen molar-refractivity contribution >= 4 is 23.5 Å². The molecule has 2 aromatic rings. The van der Waals surface area contributed by atoms with E-state index in [-0.39, 0.29) is 22.5 Å². The van der Waals surface area contributed by atoms with Crippen LogP contribution in [0.4, 0.5) is 0 Å². The van der Waals surface area contributed by atoms with Crippen LogP contribution in [-0.4, -0.2) is 18.5 Å². The minimum atomic E-state index is -0.566. The second kappa shape index (κ2) is 15.4. The number of halogens is 1. The zero-order chi connectivity index (χ0) is 24.8. The van der Waals surface area contributed by atoms with Crippen LogP contribution < -0.4 is 14.2 Å². The topological polar surface area (TPSA) is 61.8 Å². The van der Waals surface area contributed by atoms with Gasteiger partial charge in [-0.2, -0.15) is 0 Å². The number of ether oxygens (including phenoxy) is 3. The van der Waals surface area contributed by atoms with E-state index < -0.39 is 5.97 Å². The molecule has 0 amide bonds. The maximum atomic E-state index is 12.5. The second-order valence-electron chi connectivity index (χ2n) is 8.56. The van der Waals surface area contributed by atoms with E-state index in [0.717, 1.165) is 12.8 Å². The van der Waals surface area contributed by atoms with Crippen LogP contribution in [0.1, 0.15) is 88.9 Å². The zero-order valence-electron chi connectivity index (χ0n) is 20.6. The van der Waals surface area contributed by atoms with Gasteiger partial charge in [0, 0.05) is 0 Å². The molecule has 0 aromatic heterocycles. The van der Waals surface area contributed by atoms with Gasteiger partial charge in [-0.1, -0.05) is 77.3 Å². The molecule has 186 valence electrons. The van der Waals surface area contributed by atoms with Crippen molar-refractivity contribution in [2.24, 2.45) is 5.92 Å². The summed E-state index contributed by atoms with van der Waals surface area (Å²) in [6, 6.07) is 11.3. The summed E-state index contributed by atoms with van der Waals surface area (Å²) in [5.41, 5.74) is 0.258. The summed E-state index contributed by atoms with van der Waals surface area (Å²) < 4.78 is 16.5. The number of hydrogen-bond acceptors (Lipinski definition) is 5. The summed E-state index contributed by atoms with van der Waals surface area (Å²) in [7, 11) is 0. The van der Waals surface area contributed by atoms with Gasteiger partial charge in [-0.25, -0.2) is 4.79 Å². The largest absolute Gasteiger partial charge is 0.494 e. The highest BCUT2D eigenvalue weighted by molar-refractivity contribution is 6.33. The van der Waals surface area contributed by atoms with E-state index in [1.807, 2.05) is 13.8 Å². The molecule has 2 rings (SSSR count). The van der Waals surface area contributed by atoms with Gasteiger partial charge in [0.05, 0.1) is 23.1 Å². The Morgan fingerprint density at radius 3 is 1.94 bits per heavy atom. The summed E-state index contributed by atoms with van der Waals surface area (Å²) in [5.74, 6) is 0.345. The van der Waals surface area contributed by atoms with Gasteiger partial charge in [0.1, 0.15) is 17.2 Å². The Morgan fingerprint density at radius 1 is 0.794 bits per heavy atom. The Hall–Kier alpha value is -2.53. The lowest BCUT2D eigenvalue weighted by atomic mass is 10.1. The summed E-state index contributed by atoms with van der Waals surface area (Å²) >= 11 is 6.30. The number of unbranched alkanes of at least 4 members (excludes halogenated alkanes) is 7. The average Bonchev–Trinajstić information content (AvgIpc) is 2.83. The third-order valence-electron chi connectivity index (χ3n) is 5.69. The monoisotopic (exact) mass is 488 g/mol. The first-order valence-electron chi connectivity index (χ1n) is 12.4. The molecule has 0 aliphatic rings. The lowest BCUT2D eigenvalue weighted by Crippen LogP contribution is -2.16. The predicted molar refractivity (Wildman–Crippen MR) is 136 cm³/mol. The molecular weight excluding hydrogens is 452 g/mol. The molecule has 2 aromatic carbocycles. The molecule has 6 heteroatoms. The molecule has 0 fully saturated rings. The maximum absolute atomic E-state index is 12.5. The van der Waals surface area contributed by atoms with Crippen LogP contribution >= 0.6 is 11.6 Å². The van der Waals surface area contributed by atoms with Gasteiger partial charge in [-0.3, -0.25) is 4.79 Å². The number of carbonyl (C=O) groups is 2. The SMILES string of the molecule is CCCCCCCCCCOc1ccc(C(=O)Oc2ccc(OC(=O)C(C)CC)cc2)c(Cl)c1. The van der Waals surface area contributed by atoms with Gasteiger partial charge in [0.25, 0.3) is 0 Å². The number of esters is 2. The second-order valence-corrected chi connectivity index (χ2v) is 8.96. The van der Waals surface area contributed by atoms with Gasteiger partial charge in [0.15, 0.2) is 0 Å². The first-order chi connectivity index (χ1) is 16.4. The van der Waals surface area contributed by atoms with E-state index in [2.05, 4.69) is 6.92 Å². The van der Waals surface area contributed by atoms with Crippen LogP contribution in [0.5, 0.6) is 17.2 Å². The lowest BCUT2D eigenvalue weighted by Gasteiger charge is -2.11. The molecular formula is C28H37ClO5. The van der Waals surface area contributed by atoms with Crippen LogP contribution in [0.2, 0.25) is 5.02 Å². The molecule has 0 heterocycles. The molecule has 0 aliphatic carbocycles. The van der Waals surface area contributed by atoms with Crippen molar-refractivity contribution in [3.63, 3.8) is 0 Å². The molecule has 0 saturated heterocycles. The molecule has 0 spiro atoms. The molecule has 0 radical (unpaired) electrons. The van der Waals surface area contributed by atoms with E-state index in [1.165, 1.54) is 38.5 Å². The predicted octanol–water partition coefficient (Wildman–Crippen LogP) is 8.03. The third-order valence-corrected chi connectivity index (χ3v) is 6.01. The fourth-order valence-corrected chi connectivity index (χ4v) is 3.55. The Kier molecular flexibility index (Phi) is 12.5. The number of benzene rings is 2. The Balaban J connectivity index is 1.77. The number of carbonyl (C=O) groups excluding carboxylic acids is 2. The molecule has 0 bridgehead atoms.